The highest BCUT2D eigenvalue weighted by molar-refractivity contribution is 7.92. The van der Waals surface area contributed by atoms with Crippen LogP contribution in [-0.2, 0) is 14.8 Å². The molecule has 3 aromatic rings. The zero-order valence-corrected chi connectivity index (χ0v) is 24.5. The van der Waals surface area contributed by atoms with Crippen molar-refractivity contribution in [2.24, 2.45) is 5.10 Å². The topological polar surface area (TPSA) is 134 Å². The molecule has 0 fully saturated rings. The Hall–Kier alpha value is -4.65. The van der Waals surface area contributed by atoms with Gasteiger partial charge in [-0.3, -0.25) is 9.10 Å². The highest BCUT2D eigenvalue weighted by Crippen LogP contribution is 2.38. The van der Waals surface area contributed by atoms with Crippen molar-refractivity contribution in [2.75, 3.05) is 53.0 Å². The predicted molar refractivity (Wildman–Crippen MR) is 154 cm³/mol. The van der Waals surface area contributed by atoms with E-state index in [0.717, 1.165) is 4.31 Å². The summed E-state index contributed by atoms with van der Waals surface area (Å²) in [5.74, 6) is 1.66. The minimum atomic E-state index is -4.24. The van der Waals surface area contributed by atoms with Crippen LogP contribution in [0.25, 0.3) is 0 Å². The number of anilines is 1. The highest BCUT2D eigenvalue weighted by Gasteiger charge is 2.28. The summed E-state index contributed by atoms with van der Waals surface area (Å²) >= 11 is 0. The van der Waals surface area contributed by atoms with E-state index in [1.165, 1.54) is 60.0 Å². The second-order valence-corrected chi connectivity index (χ2v) is 10.1. The highest BCUT2D eigenvalue weighted by atomic mass is 32.2. The van der Waals surface area contributed by atoms with E-state index >= 15 is 0 Å². The summed E-state index contributed by atoms with van der Waals surface area (Å²) in [6.45, 7) is 1.71. The molecule has 1 amide bonds. The van der Waals surface area contributed by atoms with Crippen LogP contribution in [0.1, 0.15) is 12.5 Å². The van der Waals surface area contributed by atoms with Gasteiger partial charge in [-0.1, -0.05) is 0 Å². The molecule has 0 heterocycles. The molecular formula is C28H33N3O9S. The third-order valence-electron chi connectivity index (χ3n) is 5.76. The van der Waals surface area contributed by atoms with Crippen LogP contribution in [0.3, 0.4) is 0 Å². The molecule has 0 aliphatic heterocycles. The standard InChI is InChI=1S/C28H33N3O9S/c1-7-40-21-10-8-20(9-11-21)31(41(33,34)22-12-13-23(35-2)24(16-22)36-3)18-27(32)30-29-17-19-14-25(37-4)28(39-6)26(15-19)38-5/h8-17H,7,18H2,1-6H3,(H,30,32)/b29-17-. The number of hydrazone groups is 1. The van der Waals surface area contributed by atoms with Crippen LogP contribution >= 0.6 is 0 Å². The van der Waals surface area contributed by atoms with E-state index < -0.39 is 22.5 Å². The molecule has 0 saturated carbocycles. The van der Waals surface area contributed by atoms with Crippen molar-refractivity contribution in [1.82, 2.24) is 5.43 Å². The van der Waals surface area contributed by atoms with Gasteiger partial charge in [-0.25, -0.2) is 13.8 Å². The Balaban J connectivity index is 1.91. The number of methoxy groups -OCH3 is 5. The van der Waals surface area contributed by atoms with Crippen molar-refractivity contribution in [3.05, 3.63) is 60.2 Å². The number of benzene rings is 3. The van der Waals surface area contributed by atoms with Gasteiger partial charge in [-0.2, -0.15) is 5.10 Å². The number of nitrogens with zero attached hydrogens (tertiary/aromatic N) is 2. The maximum absolute atomic E-state index is 13.8. The van der Waals surface area contributed by atoms with Crippen molar-refractivity contribution >= 4 is 27.8 Å². The van der Waals surface area contributed by atoms with Crippen molar-refractivity contribution in [2.45, 2.75) is 11.8 Å². The molecule has 0 bridgehead atoms. The van der Waals surface area contributed by atoms with Crippen molar-refractivity contribution < 1.29 is 41.6 Å². The number of sulfonamides is 1. The van der Waals surface area contributed by atoms with E-state index in [1.54, 1.807) is 36.4 Å². The average Bonchev–Trinajstić information content (AvgIpc) is 2.99. The Kier molecular flexibility index (Phi) is 10.6. The van der Waals surface area contributed by atoms with E-state index in [2.05, 4.69) is 10.5 Å². The number of rotatable bonds is 14. The van der Waals surface area contributed by atoms with E-state index in [1.807, 2.05) is 6.92 Å². The number of nitrogens with one attached hydrogen (secondary N) is 1. The normalized spacial score (nSPS) is 11.1. The fraction of sp³-hybridized carbons (Fsp3) is 0.286. The maximum Gasteiger partial charge on any atom is 0.264 e. The van der Waals surface area contributed by atoms with Crippen molar-refractivity contribution in [1.29, 1.82) is 0 Å². The van der Waals surface area contributed by atoms with E-state index in [0.29, 0.717) is 40.9 Å². The Bertz CT molecular complexity index is 1450. The first-order chi connectivity index (χ1) is 19.7. The molecule has 0 unspecified atom stereocenters. The molecule has 0 atom stereocenters. The first-order valence-electron chi connectivity index (χ1n) is 12.3. The first kappa shape index (κ1) is 30.9. The molecule has 0 saturated heterocycles. The van der Waals surface area contributed by atoms with E-state index in [9.17, 15) is 13.2 Å². The summed E-state index contributed by atoms with van der Waals surface area (Å²) in [7, 11) is 3.06. The van der Waals surface area contributed by atoms with Gasteiger partial charge < -0.3 is 28.4 Å². The zero-order chi connectivity index (χ0) is 30.0. The molecule has 220 valence electrons. The number of carbonyl (C=O) groups excluding carboxylic acids is 1. The Morgan fingerprint density at radius 1 is 0.829 bits per heavy atom. The third-order valence-corrected chi connectivity index (χ3v) is 7.53. The lowest BCUT2D eigenvalue weighted by Gasteiger charge is -2.24. The second-order valence-electron chi connectivity index (χ2n) is 8.21. The molecule has 0 radical (unpaired) electrons. The van der Waals surface area contributed by atoms with E-state index in [4.69, 9.17) is 28.4 Å². The monoisotopic (exact) mass is 587 g/mol. The van der Waals surface area contributed by atoms with Gasteiger partial charge >= 0.3 is 0 Å². The second kappa shape index (κ2) is 14.1. The Morgan fingerprint density at radius 2 is 1.44 bits per heavy atom. The summed E-state index contributed by atoms with van der Waals surface area (Å²) in [6.07, 6.45) is 1.37. The maximum atomic E-state index is 13.8. The summed E-state index contributed by atoms with van der Waals surface area (Å²) in [5.41, 5.74) is 3.16. The predicted octanol–water partition coefficient (Wildman–Crippen LogP) is 3.47. The molecule has 0 aliphatic rings. The Morgan fingerprint density at radius 3 is 1.98 bits per heavy atom. The minimum Gasteiger partial charge on any atom is -0.494 e. The van der Waals surface area contributed by atoms with Crippen LogP contribution in [0.4, 0.5) is 5.69 Å². The first-order valence-corrected chi connectivity index (χ1v) is 13.8. The van der Waals surface area contributed by atoms with E-state index in [-0.39, 0.29) is 16.3 Å². The van der Waals surface area contributed by atoms with Gasteiger partial charge in [0.2, 0.25) is 5.75 Å². The molecule has 1 N–H and O–H groups in total. The van der Waals surface area contributed by atoms with Gasteiger partial charge in [0.25, 0.3) is 15.9 Å². The zero-order valence-electron chi connectivity index (χ0n) is 23.7. The lowest BCUT2D eigenvalue weighted by Crippen LogP contribution is -2.39. The number of ether oxygens (including phenoxy) is 6. The number of hydrogen-bond donors (Lipinski definition) is 1. The van der Waals surface area contributed by atoms with Gasteiger partial charge in [-0.15, -0.1) is 0 Å². The molecular weight excluding hydrogens is 554 g/mol. The smallest absolute Gasteiger partial charge is 0.264 e. The summed E-state index contributed by atoms with van der Waals surface area (Å²) in [6, 6.07) is 13.8. The molecule has 0 aliphatic carbocycles. The molecule has 0 spiro atoms. The molecule has 3 aromatic carbocycles. The van der Waals surface area contributed by atoms with Gasteiger partial charge in [0.05, 0.1) is 59.0 Å². The minimum absolute atomic E-state index is 0.0993. The number of amides is 1. The van der Waals surface area contributed by atoms with Crippen molar-refractivity contribution in [3.8, 4) is 34.5 Å². The van der Waals surface area contributed by atoms with Crippen LogP contribution in [0.5, 0.6) is 34.5 Å². The van der Waals surface area contributed by atoms with Gasteiger partial charge in [0.15, 0.2) is 23.0 Å². The SMILES string of the molecule is CCOc1ccc(N(CC(=O)N/N=C\c2cc(OC)c(OC)c(OC)c2)S(=O)(=O)c2ccc(OC)c(OC)c2)cc1. The summed E-state index contributed by atoms with van der Waals surface area (Å²) < 4.78 is 60.5. The fourth-order valence-electron chi connectivity index (χ4n) is 3.82. The Labute approximate surface area is 239 Å². The quantitative estimate of drug-likeness (QED) is 0.222. The van der Waals surface area contributed by atoms with Crippen LogP contribution < -0.4 is 38.2 Å². The van der Waals surface area contributed by atoms with Gasteiger partial charge in [0.1, 0.15) is 12.3 Å². The van der Waals surface area contributed by atoms with Crippen LogP contribution in [0.2, 0.25) is 0 Å². The average molecular weight is 588 g/mol. The number of hydrogen-bond acceptors (Lipinski definition) is 10. The molecule has 0 aromatic heterocycles. The van der Waals surface area contributed by atoms with Gasteiger partial charge in [-0.05, 0) is 55.5 Å². The van der Waals surface area contributed by atoms with Crippen LogP contribution in [0.15, 0.2) is 64.6 Å². The molecule has 41 heavy (non-hydrogen) atoms. The van der Waals surface area contributed by atoms with Crippen molar-refractivity contribution in [3.63, 3.8) is 0 Å². The van der Waals surface area contributed by atoms with Crippen LogP contribution in [-0.4, -0.2) is 69.2 Å². The van der Waals surface area contributed by atoms with Gasteiger partial charge in [0, 0.05) is 11.6 Å². The largest absolute Gasteiger partial charge is 0.494 e. The molecule has 13 heteroatoms. The fourth-order valence-corrected chi connectivity index (χ4v) is 5.25. The summed E-state index contributed by atoms with van der Waals surface area (Å²) in [4.78, 5) is 12.9. The summed E-state index contributed by atoms with van der Waals surface area (Å²) in [5, 5.41) is 3.98. The van der Waals surface area contributed by atoms with Crippen LogP contribution in [0, 0.1) is 0 Å². The molecule has 3 rings (SSSR count). The lowest BCUT2D eigenvalue weighted by atomic mass is 10.2. The molecule has 12 nitrogen and oxygen atoms in total. The lowest BCUT2D eigenvalue weighted by molar-refractivity contribution is -0.119. The number of carbonyl (C=O) groups is 1. The third kappa shape index (κ3) is 7.31.